The molecule has 3 rings (SSSR count). The normalized spacial score (nSPS) is 14.9. The van der Waals surface area contributed by atoms with E-state index in [1.807, 2.05) is 18.3 Å². The topological polar surface area (TPSA) is 38.2 Å². The van der Waals surface area contributed by atoms with Gasteiger partial charge in [-0.15, -0.1) is 0 Å². The summed E-state index contributed by atoms with van der Waals surface area (Å²) in [6.07, 6.45) is 7.33. The fourth-order valence-corrected chi connectivity index (χ4v) is 3.14. The van der Waals surface area contributed by atoms with Gasteiger partial charge in [0.1, 0.15) is 11.6 Å². The highest BCUT2D eigenvalue weighted by Gasteiger charge is 2.10. The van der Waals surface area contributed by atoms with Crippen molar-refractivity contribution in [3.05, 3.63) is 53.6 Å². The second kappa shape index (κ2) is 8.78. The zero-order valence-electron chi connectivity index (χ0n) is 14.6. The molecule has 0 atom stereocenters. The lowest BCUT2D eigenvalue weighted by molar-refractivity contribution is 0.263. The van der Waals surface area contributed by atoms with E-state index in [1.54, 1.807) is 0 Å². The molecule has 1 aromatic carbocycles. The molecular weight excluding hydrogens is 298 g/mol. The molecule has 128 valence electrons. The first-order valence-electron chi connectivity index (χ1n) is 9.08. The molecular formula is C20H27N3O. The minimum atomic E-state index is 0.749. The number of nitrogens with zero attached hydrogens (tertiary/aromatic N) is 3. The third-order valence-corrected chi connectivity index (χ3v) is 4.47. The van der Waals surface area contributed by atoms with Crippen LogP contribution in [0.5, 0.6) is 5.75 Å². The monoisotopic (exact) mass is 325 g/mol. The number of hydrogen-bond acceptors (Lipinski definition) is 4. The molecule has 1 aliphatic heterocycles. The van der Waals surface area contributed by atoms with Gasteiger partial charge in [-0.2, -0.15) is 0 Å². The number of hydrogen-bond donors (Lipinski definition) is 0. The quantitative estimate of drug-likeness (QED) is 0.696. The fourth-order valence-electron chi connectivity index (χ4n) is 3.14. The molecule has 4 heteroatoms. The van der Waals surface area contributed by atoms with Gasteiger partial charge < -0.3 is 9.64 Å². The Kier molecular flexibility index (Phi) is 6.19. The number of ether oxygens (including phenoxy) is 1. The Balaban J connectivity index is 1.49. The van der Waals surface area contributed by atoms with Crippen LogP contribution in [-0.2, 0) is 12.8 Å². The van der Waals surface area contributed by atoms with Gasteiger partial charge in [0, 0.05) is 24.9 Å². The van der Waals surface area contributed by atoms with Crippen LogP contribution in [0, 0.1) is 0 Å². The predicted octanol–water partition coefficient (Wildman–Crippen LogP) is 3.49. The summed E-state index contributed by atoms with van der Waals surface area (Å²) in [5.41, 5.74) is 2.29. The van der Waals surface area contributed by atoms with E-state index < -0.39 is 0 Å². The highest BCUT2D eigenvalue weighted by atomic mass is 16.5. The van der Waals surface area contributed by atoms with Crippen molar-refractivity contribution in [2.45, 2.75) is 39.0 Å². The first-order chi connectivity index (χ1) is 11.8. The van der Waals surface area contributed by atoms with E-state index in [-0.39, 0.29) is 0 Å². The third-order valence-electron chi connectivity index (χ3n) is 4.47. The first kappa shape index (κ1) is 16.9. The number of aryl methyl sites for hydroxylation is 1. The van der Waals surface area contributed by atoms with Crippen molar-refractivity contribution < 1.29 is 4.74 Å². The zero-order valence-corrected chi connectivity index (χ0v) is 14.6. The molecule has 2 aromatic rings. The van der Waals surface area contributed by atoms with Crippen LogP contribution in [0.1, 0.15) is 43.3 Å². The van der Waals surface area contributed by atoms with Crippen LogP contribution in [-0.4, -0.2) is 41.1 Å². The number of aromatic nitrogens is 2. The van der Waals surface area contributed by atoms with Crippen LogP contribution in [0.4, 0.5) is 0 Å². The molecule has 0 saturated carbocycles. The maximum atomic E-state index is 5.92. The summed E-state index contributed by atoms with van der Waals surface area (Å²) in [4.78, 5) is 11.5. The van der Waals surface area contributed by atoms with Gasteiger partial charge in [0.2, 0.25) is 0 Å². The molecule has 0 unspecified atom stereocenters. The Bertz CT molecular complexity index is 638. The molecule has 1 aromatic heterocycles. The van der Waals surface area contributed by atoms with Gasteiger partial charge in [0.15, 0.2) is 0 Å². The van der Waals surface area contributed by atoms with Gasteiger partial charge in [-0.1, -0.05) is 19.1 Å². The average molecular weight is 325 g/mol. The van der Waals surface area contributed by atoms with Crippen LogP contribution < -0.4 is 4.74 Å². The molecule has 0 N–H and O–H groups in total. The van der Waals surface area contributed by atoms with Gasteiger partial charge in [-0.3, -0.25) is 0 Å². The Hall–Kier alpha value is -1.94. The van der Waals surface area contributed by atoms with Crippen LogP contribution in [0.15, 0.2) is 36.5 Å². The van der Waals surface area contributed by atoms with E-state index in [1.165, 1.54) is 31.5 Å². The van der Waals surface area contributed by atoms with Crippen molar-refractivity contribution >= 4 is 0 Å². The standard InChI is InChI=1S/C20H27N3O/c1-2-18-9-10-21-20(22-18)16-17-7-5-8-19(15-17)24-14-6-13-23-11-3-4-12-23/h5,7-10,15H,2-4,6,11-14,16H2,1H3. The van der Waals surface area contributed by atoms with Gasteiger partial charge in [-0.05, 0) is 62.5 Å². The summed E-state index contributed by atoms with van der Waals surface area (Å²) in [7, 11) is 0. The summed E-state index contributed by atoms with van der Waals surface area (Å²) in [5, 5.41) is 0. The molecule has 2 heterocycles. The molecule has 1 saturated heterocycles. The molecule has 4 nitrogen and oxygen atoms in total. The number of likely N-dealkylation sites (tertiary alicyclic amines) is 1. The first-order valence-corrected chi connectivity index (χ1v) is 9.08. The SMILES string of the molecule is CCc1ccnc(Cc2cccc(OCCCN3CCCC3)c2)n1. The second-order valence-corrected chi connectivity index (χ2v) is 6.39. The Morgan fingerprint density at radius 3 is 2.88 bits per heavy atom. The van der Waals surface area contributed by atoms with E-state index in [4.69, 9.17) is 4.74 Å². The smallest absolute Gasteiger partial charge is 0.132 e. The summed E-state index contributed by atoms with van der Waals surface area (Å²) in [5.74, 6) is 1.82. The summed E-state index contributed by atoms with van der Waals surface area (Å²) < 4.78 is 5.92. The van der Waals surface area contributed by atoms with Crippen molar-refractivity contribution in [2.75, 3.05) is 26.2 Å². The fraction of sp³-hybridized carbons (Fsp3) is 0.500. The molecule has 1 fully saturated rings. The summed E-state index contributed by atoms with van der Waals surface area (Å²) in [6.45, 7) is 6.56. The molecule has 24 heavy (non-hydrogen) atoms. The van der Waals surface area contributed by atoms with Gasteiger partial charge in [-0.25, -0.2) is 9.97 Å². The highest BCUT2D eigenvalue weighted by Crippen LogP contribution is 2.16. The van der Waals surface area contributed by atoms with Crippen molar-refractivity contribution in [2.24, 2.45) is 0 Å². The van der Waals surface area contributed by atoms with E-state index in [2.05, 4.69) is 40.0 Å². The van der Waals surface area contributed by atoms with Crippen molar-refractivity contribution in [3.63, 3.8) is 0 Å². The van der Waals surface area contributed by atoms with Crippen LogP contribution in [0.2, 0.25) is 0 Å². The zero-order chi connectivity index (χ0) is 16.6. The minimum absolute atomic E-state index is 0.749. The average Bonchev–Trinajstić information content (AvgIpc) is 3.13. The predicted molar refractivity (Wildman–Crippen MR) is 96.4 cm³/mol. The largest absolute Gasteiger partial charge is 0.494 e. The lowest BCUT2D eigenvalue weighted by atomic mass is 10.1. The van der Waals surface area contributed by atoms with Gasteiger partial charge in [0.05, 0.1) is 6.61 Å². The van der Waals surface area contributed by atoms with E-state index in [0.29, 0.717) is 0 Å². The van der Waals surface area contributed by atoms with Crippen LogP contribution in [0.25, 0.3) is 0 Å². The maximum Gasteiger partial charge on any atom is 0.132 e. The van der Waals surface area contributed by atoms with Gasteiger partial charge in [0.25, 0.3) is 0 Å². The van der Waals surface area contributed by atoms with E-state index in [9.17, 15) is 0 Å². The molecule has 0 aliphatic carbocycles. The minimum Gasteiger partial charge on any atom is -0.494 e. The van der Waals surface area contributed by atoms with E-state index in [0.717, 1.165) is 49.7 Å². The Morgan fingerprint density at radius 1 is 1.17 bits per heavy atom. The lowest BCUT2D eigenvalue weighted by Crippen LogP contribution is -2.21. The van der Waals surface area contributed by atoms with Crippen molar-refractivity contribution in [1.82, 2.24) is 14.9 Å². The third kappa shape index (κ3) is 5.03. The molecule has 0 amide bonds. The molecule has 0 spiro atoms. The van der Waals surface area contributed by atoms with Gasteiger partial charge >= 0.3 is 0 Å². The Morgan fingerprint density at radius 2 is 2.04 bits per heavy atom. The lowest BCUT2D eigenvalue weighted by Gasteiger charge is -2.14. The van der Waals surface area contributed by atoms with Crippen molar-refractivity contribution in [3.8, 4) is 5.75 Å². The number of rotatable bonds is 8. The number of benzene rings is 1. The van der Waals surface area contributed by atoms with Crippen LogP contribution in [0.3, 0.4) is 0 Å². The molecule has 1 aliphatic rings. The summed E-state index contributed by atoms with van der Waals surface area (Å²) in [6, 6.07) is 10.3. The Labute approximate surface area is 144 Å². The maximum absolute atomic E-state index is 5.92. The molecule has 0 bridgehead atoms. The second-order valence-electron chi connectivity index (χ2n) is 6.39. The summed E-state index contributed by atoms with van der Waals surface area (Å²) >= 11 is 0. The van der Waals surface area contributed by atoms with Crippen LogP contribution >= 0.6 is 0 Å². The molecule has 0 radical (unpaired) electrons. The van der Waals surface area contributed by atoms with Crippen molar-refractivity contribution in [1.29, 1.82) is 0 Å². The highest BCUT2D eigenvalue weighted by molar-refractivity contribution is 5.30. The van der Waals surface area contributed by atoms with E-state index >= 15 is 0 Å².